The number of aliphatic hydroxyl groups is 1. The van der Waals surface area contributed by atoms with Gasteiger partial charge in [0.05, 0.1) is 52.3 Å². The van der Waals surface area contributed by atoms with Gasteiger partial charge in [0.15, 0.2) is 11.6 Å². The highest BCUT2D eigenvalue weighted by atomic mass is 32.1. The Morgan fingerprint density at radius 1 is 1.19 bits per heavy atom. The van der Waals surface area contributed by atoms with Gasteiger partial charge in [0.1, 0.15) is 11.1 Å². The van der Waals surface area contributed by atoms with Gasteiger partial charge in [-0.15, -0.1) is 11.3 Å². The molecule has 156 valence electrons. The molecule has 2 aromatic heterocycles. The monoisotopic (exact) mass is 436 g/mol. The Balaban J connectivity index is 1.60. The summed E-state index contributed by atoms with van der Waals surface area (Å²) in [6.45, 7) is 0. The minimum absolute atomic E-state index is 0.105. The zero-order chi connectivity index (χ0) is 21.5. The quantitative estimate of drug-likeness (QED) is 0.511. The summed E-state index contributed by atoms with van der Waals surface area (Å²) in [6, 6.07) is 8.41. The molecule has 7 nitrogen and oxygen atoms in total. The number of hydrogen-bond donors (Lipinski definition) is 1. The number of aliphatic hydroxyl groups excluding tert-OH is 1. The number of nitriles is 1. The predicted octanol–water partition coefficient (Wildman–Crippen LogP) is 4.22. The van der Waals surface area contributed by atoms with Crippen molar-refractivity contribution >= 4 is 32.6 Å². The third-order valence-electron chi connectivity index (χ3n) is 5.33. The van der Waals surface area contributed by atoms with E-state index in [-0.39, 0.29) is 5.75 Å². The zero-order valence-corrected chi connectivity index (χ0v) is 17.3. The lowest BCUT2D eigenvalue weighted by molar-refractivity contribution is 0.0580. The number of ether oxygens (including phenoxy) is 2. The Morgan fingerprint density at radius 3 is 2.81 bits per heavy atom. The van der Waals surface area contributed by atoms with E-state index in [4.69, 9.17) is 9.47 Å². The summed E-state index contributed by atoms with van der Waals surface area (Å²) < 4.78 is 26.3. The van der Waals surface area contributed by atoms with Crippen molar-refractivity contribution in [2.75, 3.05) is 7.11 Å². The summed E-state index contributed by atoms with van der Waals surface area (Å²) in [5, 5.41) is 20.0. The average Bonchev–Trinajstić information content (AvgIpc) is 3.38. The van der Waals surface area contributed by atoms with Gasteiger partial charge in [-0.2, -0.15) is 5.26 Å². The molecular formula is C22H17FN4O3S. The highest BCUT2D eigenvalue weighted by molar-refractivity contribution is 7.21. The molecule has 4 aromatic rings. The second kappa shape index (κ2) is 7.72. The molecule has 0 amide bonds. The standard InChI is InChI=1S/C22H17FN4O3S/c1-29-20-10-25-21-12(5-11(9-24)6-15(21)26-20)22-27-14-7-13(23)18(8-19(14)31-22)30-17-4-2-3-16(17)28/h5-8,10,16-17,28H,2-4H2,1H3/t16?,17-/m1/s1. The number of thiazole rings is 1. The van der Waals surface area contributed by atoms with Crippen LogP contribution in [0.2, 0.25) is 0 Å². The first kappa shape index (κ1) is 19.6. The molecule has 2 heterocycles. The first-order valence-corrected chi connectivity index (χ1v) is 10.6. The van der Waals surface area contributed by atoms with Crippen LogP contribution < -0.4 is 9.47 Å². The lowest BCUT2D eigenvalue weighted by Crippen LogP contribution is -2.25. The maximum absolute atomic E-state index is 14.6. The molecule has 1 fully saturated rings. The molecule has 1 unspecified atom stereocenters. The first-order chi connectivity index (χ1) is 15.1. The normalized spacial score (nSPS) is 18.4. The van der Waals surface area contributed by atoms with Crippen molar-refractivity contribution in [3.8, 4) is 28.3 Å². The van der Waals surface area contributed by atoms with Gasteiger partial charge in [-0.05, 0) is 31.4 Å². The summed E-state index contributed by atoms with van der Waals surface area (Å²) in [5.74, 6) is -0.0757. The van der Waals surface area contributed by atoms with E-state index < -0.39 is 18.0 Å². The molecule has 31 heavy (non-hydrogen) atoms. The highest BCUT2D eigenvalue weighted by Gasteiger charge is 2.28. The van der Waals surface area contributed by atoms with Crippen molar-refractivity contribution in [3.63, 3.8) is 0 Å². The second-order valence-corrected chi connectivity index (χ2v) is 8.37. The fourth-order valence-corrected chi connectivity index (χ4v) is 4.77. The summed E-state index contributed by atoms with van der Waals surface area (Å²) in [7, 11) is 1.50. The van der Waals surface area contributed by atoms with Gasteiger partial charge >= 0.3 is 0 Å². The second-order valence-electron chi connectivity index (χ2n) is 7.34. The van der Waals surface area contributed by atoms with Crippen molar-refractivity contribution in [3.05, 3.63) is 41.8 Å². The number of nitrogens with zero attached hydrogens (tertiary/aromatic N) is 4. The Morgan fingerprint density at radius 2 is 2.06 bits per heavy atom. The molecule has 1 N–H and O–H groups in total. The summed E-state index contributed by atoms with van der Waals surface area (Å²) in [4.78, 5) is 13.4. The van der Waals surface area contributed by atoms with E-state index in [0.29, 0.717) is 51.4 Å². The average molecular weight is 436 g/mol. The first-order valence-electron chi connectivity index (χ1n) is 9.76. The number of halogens is 1. The molecule has 0 bridgehead atoms. The highest BCUT2D eigenvalue weighted by Crippen LogP contribution is 2.37. The van der Waals surface area contributed by atoms with Crippen molar-refractivity contribution in [1.29, 1.82) is 5.26 Å². The third kappa shape index (κ3) is 3.54. The van der Waals surface area contributed by atoms with Crippen molar-refractivity contribution < 1.29 is 19.0 Å². The number of methoxy groups -OCH3 is 1. The van der Waals surface area contributed by atoms with E-state index in [2.05, 4.69) is 21.0 Å². The van der Waals surface area contributed by atoms with Crippen LogP contribution in [0.1, 0.15) is 24.8 Å². The van der Waals surface area contributed by atoms with Crippen molar-refractivity contribution in [2.24, 2.45) is 0 Å². The predicted molar refractivity (Wildman–Crippen MR) is 114 cm³/mol. The van der Waals surface area contributed by atoms with E-state index in [1.165, 1.54) is 30.7 Å². The van der Waals surface area contributed by atoms with Gasteiger partial charge < -0.3 is 14.6 Å². The largest absolute Gasteiger partial charge is 0.485 e. The van der Waals surface area contributed by atoms with Gasteiger partial charge in [-0.1, -0.05) is 0 Å². The molecule has 1 aliphatic carbocycles. The lowest BCUT2D eigenvalue weighted by Gasteiger charge is -2.17. The molecule has 0 radical (unpaired) electrons. The molecule has 0 saturated heterocycles. The number of hydrogen-bond acceptors (Lipinski definition) is 8. The molecule has 5 rings (SSSR count). The van der Waals surface area contributed by atoms with E-state index in [9.17, 15) is 14.8 Å². The Kier molecular flexibility index (Phi) is 4.88. The van der Waals surface area contributed by atoms with E-state index in [1.807, 2.05) is 0 Å². The zero-order valence-electron chi connectivity index (χ0n) is 16.5. The Bertz CT molecular complexity index is 1350. The summed E-state index contributed by atoms with van der Waals surface area (Å²) in [6.07, 6.45) is 2.73. The Labute approximate surface area is 180 Å². The van der Waals surface area contributed by atoms with Crippen LogP contribution in [0.3, 0.4) is 0 Å². The number of aromatic nitrogens is 3. The smallest absolute Gasteiger partial charge is 0.232 e. The van der Waals surface area contributed by atoms with Crippen LogP contribution >= 0.6 is 11.3 Å². The molecule has 2 atom stereocenters. The van der Waals surface area contributed by atoms with Gasteiger partial charge in [-0.25, -0.2) is 19.3 Å². The van der Waals surface area contributed by atoms with Gasteiger partial charge in [0.25, 0.3) is 0 Å². The lowest BCUT2D eigenvalue weighted by atomic mass is 10.1. The van der Waals surface area contributed by atoms with Crippen LogP contribution in [0, 0.1) is 17.1 Å². The van der Waals surface area contributed by atoms with Gasteiger partial charge in [-0.3, -0.25) is 0 Å². The summed E-state index contributed by atoms with van der Waals surface area (Å²) >= 11 is 1.35. The SMILES string of the molecule is COc1cnc2c(-c3nc4cc(F)c(O[C@@H]5CCCC5O)cc4s3)cc(C#N)cc2n1. The summed E-state index contributed by atoms with van der Waals surface area (Å²) in [5.41, 5.74) is 2.62. The Hall–Kier alpha value is -3.35. The van der Waals surface area contributed by atoms with Gasteiger partial charge in [0, 0.05) is 17.7 Å². The maximum Gasteiger partial charge on any atom is 0.232 e. The number of benzene rings is 2. The van der Waals surface area contributed by atoms with Crippen molar-refractivity contribution in [1.82, 2.24) is 15.0 Å². The van der Waals surface area contributed by atoms with E-state index in [0.717, 1.165) is 11.1 Å². The maximum atomic E-state index is 14.6. The minimum Gasteiger partial charge on any atom is -0.485 e. The van der Waals surface area contributed by atoms with Crippen LogP contribution in [-0.4, -0.2) is 39.4 Å². The third-order valence-corrected chi connectivity index (χ3v) is 6.38. The fraction of sp³-hybridized carbons (Fsp3) is 0.273. The molecule has 0 spiro atoms. The molecule has 1 aliphatic rings. The van der Waals surface area contributed by atoms with Crippen LogP contribution in [0.25, 0.3) is 31.8 Å². The van der Waals surface area contributed by atoms with Crippen LogP contribution in [0.15, 0.2) is 30.5 Å². The van der Waals surface area contributed by atoms with Gasteiger partial charge in [0.2, 0.25) is 5.88 Å². The molecule has 0 aliphatic heterocycles. The number of fused-ring (bicyclic) bond motifs is 2. The van der Waals surface area contributed by atoms with E-state index in [1.54, 1.807) is 18.2 Å². The fourth-order valence-electron chi connectivity index (χ4n) is 3.78. The molecular weight excluding hydrogens is 419 g/mol. The molecule has 9 heteroatoms. The van der Waals surface area contributed by atoms with Crippen molar-refractivity contribution in [2.45, 2.75) is 31.5 Å². The van der Waals surface area contributed by atoms with Crippen LogP contribution in [0.4, 0.5) is 4.39 Å². The topological polar surface area (TPSA) is 101 Å². The van der Waals surface area contributed by atoms with Crippen LogP contribution in [0.5, 0.6) is 11.6 Å². The molecule has 1 saturated carbocycles. The molecule has 2 aromatic carbocycles. The number of rotatable bonds is 4. The van der Waals surface area contributed by atoms with E-state index >= 15 is 0 Å². The van der Waals surface area contributed by atoms with Crippen LogP contribution in [-0.2, 0) is 0 Å². The minimum atomic E-state index is -0.581.